The molecular formula is C14H8BF4K. The first-order chi connectivity index (χ1) is 8.95. The third-order valence-electron chi connectivity index (χ3n) is 2.48. The van der Waals surface area contributed by atoms with Crippen LogP contribution in [-0.4, -0.2) is 6.98 Å². The summed E-state index contributed by atoms with van der Waals surface area (Å²) < 4.78 is 49.9. The number of hydrogen-bond acceptors (Lipinski definition) is 0. The van der Waals surface area contributed by atoms with Crippen molar-refractivity contribution in [1.29, 1.82) is 0 Å². The van der Waals surface area contributed by atoms with E-state index < -0.39 is 12.4 Å². The van der Waals surface area contributed by atoms with Gasteiger partial charge in [0.15, 0.2) is 0 Å². The molecule has 0 N–H and O–H groups in total. The van der Waals surface area contributed by atoms with E-state index >= 15 is 0 Å². The second-order valence-electron chi connectivity index (χ2n) is 3.95. The van der Waals surface area contributed by atoms with Gasteiger partial charge in [0.25, 0.3) is 0 Å². The smallest absolute Gasteiger partial charge is 0.445 e. The molecule has 0 heterocycles. The molecule has 2 aromatic rings. The van der Waals surface area contributed by atoms with Crippen molar-refractivity contribution in [3.05, 3.63) is 65.5 Å². The summed E-state index contributed by atoms with van der Waals surface area (Å²) in [5.74, 6) is 5.12. The first-order valence-electron chi connectivity index (χ1n) is 5.53. The van der Waals surface area contributed by atoms with Crippen molar-refractivity contribution < 1.29 is 68.7 Å². The largest absolute Gasteiger partial charge is 1.00 e. The third-order valence-corrected chi connectivity index (χ3v) is 2.48. The number of benzene rings is 2. The quantitative estimate of drug-likeness (QED) is 0.403. The normalized spacial score (nSPS) is 10.2. The van der Waals surface area contributed by atoms with Crippen molar-refractivity contribution in [2.24, 2.45) is 0 Å². The van der Waals surface area contributed by atoms with E-state index in [4.69, 9.17) is 0 Å². The van der Waals surface area contributed by atoms with Gasteiger partial charge in [0, 0.05) is 11.1 Å². The molecule has 2 rings (SSSR count). The molecule has 0 aromatic heterocycles. The van der Waals surface area contributed by atoms with E-state index in [1.54, 1.807) is 0 Å². The molecule has 96 valence electrons. The molecule has 0 unspecified atom stereocenters. The molecule has 0 aliphatic rings. The zero-order valence-electron chi connectivity index (χ0n) is 10.7. The van der Waals surface area contributed by atoms with Crippen molar-refractivity contribution in [3.63, 3.8) is 0 Å². The molecule has 0 atom stereocenters. The Labute approximate surface area is 157 Å². The SMILES string of the molecule is Fc1ccc(C#Cc2ccc([B-](F)(F)F)cc2)cc1.[K+]. The minimum atomic E-state index is -4.97. The van der Waals surface area contributed by atoms with Crippen LogP contribution in [0.2, 0.25) is 0 Å². The van der Waals surface area contributed by atoms with Crippen molar-refractivity contribution in [2.75, 3.05) is 0 Å². The fourth-order valence-electron chi connectivity index (χ4n) is 1.46. The van der Waals surface area contributed by atoms with E-state index in [0.29, 0.717) is 11.1 Å². The van der Waals surface area contributed by atoms with Gasteiger partial charge in [0.1, 0.15) is 5.82 Å². The van der Waals surface area contributed by atoms with Crippen LogP contribution in [0, 0.1) is 17.7 Å². The zero-order valence-corrected chi connectivity index (χ0v) is 13.8. The van der Waals surface area contributed by atoms with Crippen LogP contribution in [0.5, 0.6) is 0 Å². The first kappa shape index (κ1) is 17.5. The fourth-order valence-corrected chi connectivity index (χ4v) is 1.46. The summed E-state index contributed by atoms with van der Waals surface area (Å²) in [5, 5.41) is 0. The van der Waals surface area contributed by atoms with Gasteiger partial charge in [-0.25, -0.2) is 4.39 Å². The maximum absolute atomic E-state index is 12.7. The zero-order chi connectivity index (χ0) is 13.9. The summed E-state index contributed by atoms with van der Waals surface area (Å²) in [4.78, 5) is 0. The second-order valence-corrected chi connectivity index (χ2v) is 3.95. The molecule has 0 radical (unpaired) electrons. The van der Waals surface area contributed by atoms with Crippen LogP contribution in [0.25, 0.3) is 0 Å². The van der Waals surface area contributed by atoms with Crippen molar-refractivity contribution >= 4 is 12.4 Å². The van der Waals surface area contributed by atoms with E-state index in [-0.39, 0.29) is 57.2 Å². The maximum Gasteiger partial charge on any atom is 1.00 e. The monoisotopic (exact) mass is 302 g/mol. The molecule has 2 aromatic carbocycles. The summed E-state index contributed by atoms with van der Waals surface area (Å²) in [7, 11) is 0. The van der Waals surface area contributed by atoms with Crippen LogP contribution in [0.1, 0.15) is 11.1 Å². The van der Waals surface area contributed by atoms with Crippen LogP contribution in [-0.2, 0) is 0 Å². The standard InChI is InChI=1S/C14H8BF4.K/c16-14-9-5-12(6-10-14)2-1-11-3-7-13(8-4-11)15(17,18)19;/h3-10H;/q-1;+1. The Hall–Kier alpha value is -0.579. The Morgan fingerprint density at radius 2 is 1.10 bits per heavy atom. The van der Waals surface area contributed by atoms with Crippen LogP contribution < -0.4 is 56.8 Å². The number of rotatable bonds is 1. The molecule has 0 nitrogen and oxygen atoms in total. The summed E-state index contributed by atoms with van der Waals surface area (Å²) in [6, 6.07) is 10.2. The average molecular weight is 302 g/mol. The van der Waals surface area contributed by atoms with Gasteiger partial charge < -0.3 is 12.9 Å². The average Bonchev–Trinajstić information content (AvgIpc) is 2.37. The van der Waals surface area contributed by atoms with Crippen LogP contribution in [0.3, 0.4) is 0 Å². The van der Waals surface area contributed by atoms with Gasteiger partial charge in [-0.2, -0.15) is 0 Å². The number of hydrogen-bond donors (Lipinski definition) is 0. The molecule has 0 bridgehead atoms. The van der Waals surface area contributed by atoms with E-state index in [0.717, 1.165) is 12.1 Å². The molecule has 0 saturated carbocycles. The van der Waals surface area contributed by atoms with Gasteiger partial charge in [-0.15, -0.1) is 5.46 Å². The summed E-state index contributed by atoms with van der Waals surface area (Å²) in [6.07, 6.45) is 0. The molecular weight excluding hydrogens is 294 g/mol. The van der Waals surface area contributed by atoms with E-state index in [9.17, 15) is 17.3 Å². The summed E-state index contributed by atoms with van der Waals surface area (Å²) >= 11 is 0. The van der Waals surface area contributed by atoms with Gasteiger partial charge >= 0.3 is 58.4 Å². The Morgan fingerprint density at radius 3 is 1.50 bits per heavy atom. The summed E-state index contributed by atoms with van der Waals surface area (Å²) in [5.41, 5.74) is 0.436. The molecule has 6 heteroatoms. The molecule has 0 amide bonds. The first-order valence-corrected chi connectivity index (χ1v) is 5.53. The van der Waals surface area contributed by atoms with Gasteiger partial charge in [0.05, 0.1) is 0 Å². The van der Waals surface area contributed by atoms with Crippen molar-refractivity contribution in [2.45, 2.75) is 0 Å². The number of halogens is 4. The molecule has 0 saturated heterocycles. The van der Waals surface area contributed by atoms with Gasteiger partial charge in [-0.3, -0.25) is 0 Å². The Kier molecular flexibility index (Phi) is 6.50. The minimum absolute atomic E-state index is 0. The summed E-state index contributed by atoms with van der Waals surface area (Å²) in [6.45, 7) is -4.97. The Morgan fingerprint density at radius 1 is 0.700 bits per heavy atom. The molecule has 20 heavy (non-hydrogen) atoms. The Bertz CT molecular complexity index is 621. The van der Waals surface area contributed by atoms with Crippen molar-refractivity contribution in [3.8, 4) is 11.8 Å². The van der Waals surface area contributed by atoms with Gasteiger partial charge in [0.2, 0.25) is 0 Å². The molecule has 0 fully saturated rings. The predicted octanol–water partition coefficient (Wildman–Crippen LogP) is 0.284. The van der Waals surface area contributed by atoms with Crippen LogP contribution in [0.15, 0.2) is 48.5 Å². The van der Waals surface area contributed by atoms with Crippen LogP contribution in [0.4, 0.5) is 17.3 Å². The predicted molar refractivity (Wildman–Crippen MR) is 67.5 cm³/mol. The Balaban J connectivity index is 0.00000200. The molecule has 0 aliphatic heterocycles. The van der Waals surface area contributed by atoms with Crippen LogP contribution >= 0.6 is 0 Å². The van der Waals surface area contributed by atoms with E-state index in [2.05, 4.69) is 11.8 Å². The van der Waals surface area contributed by atoms with Gasteiger partial charge in [-0.05, 0) is 36.4 Å². The van der Waals surface area contributed by atoms with Crippen molar-refractivity contribution in [1.82, 2.24) is 0 Å². The molecule has 0 spiro atoms. The third kappa shape index (κ3) is 5.08. The minimum Gasteiger partial charge on any atom is -0.445 e. The fraction of sp³-hybridized carbons (Fsp3) is 0. The maximum atomic E-state index is 12.7. The van der Waals surface area contributed by atoms with E-state index in [1.165, 1.54) is 36.4 Å². The molecule has 0 aliphatic carbocycles. The second kappa shape index (κ2) is 7.44. The van der Waals surface area contributed by atoms with Gasteiger partial charge in [-0.1, -0.05) is 24.0 Å². The topological polar surface area (TPSA) is 0 Å². The van der Waals surface area contributed by atoms with E-state index in [1.807, 2.05) is 0 Å².